The summed E-state index contributed by atoms with van der Waals surface area (Å²) in [7, 11) is 1.68. The molecule has 0 radical (unpaired) electrons. The SMILES string of the molecule is COCCNCc1cc(Br)c(OC(C)C#N)c(Br)c1. The smallest absolute Gasteiger partial charge is 0.181 e. The molecule has 0 spiro atoms. The first-order valence-electron chi connectivity index (χ1n) is 5.82. The van der Waals surface area contributed by atoms with Crippen LogP contribution in [-0.4, -0.2) is 26.4 Å². The van der Waals surface area contributed by atoms with Gasteiger partial charge in [-0.1, -0.05) is 0 Å². The van der Waals surface area contributed by atoms with Crippen molar-refractivity contribution >= 4 is 31.9 Å². The Morgan fingerprint density at radius 1 is 1.37 bits per heavy atom. The Morgan fingerprint density at radius 3 is 2.53 bits per heavy atom. The van der Waals surface area contributed by atoms with E-state index in [0.717, 1.165) is 27.6 Å². The van der Waals surface area contributed by atoms with Crippen LogP contribution in [-0.2, 0) is 11.3 Å². The van der Waals surface area contributed by atoms with Crippen molar-refractivity contribution in [1.29, 1.82) is 5.26 Å². The summed E-state index contributed by atoms with van der Waals surface area (Å²) >= 11 is 6.92. The molecular weight excluding hydrogens is 376 g/mol. The Morgan fingerprint density at radius 2 is 2.00 bits per heavy atom. The van der Waals surface area contributed by atoms with Gasteiger partial charge in [0, 0.05) is 20.2 Å². The molecule has 0 saturated heterocycles. The van der Waals surface area contributed by atoms with Crippen molar-refractivity contribution in [2.24, 2.45) is 0 Å². The molecule has 0 aliphatic carbocycles. The van der Waals surface area contributed by atoms with E-state index in [1.807, 2.05) is 18.2 Å². The Bertz CT molecular complexity index is 437. The lowest BCUT2D eigenvalue weighted by atomic mass is 10.2. The molecule has 0 fully saturated rings. The molecule has 1 aromatic rings. The highest BCUT2D eigenvalue weighted by Gasteiger charge is 2.12. The van der Waals surface area contributed by atoms with Crippen molar-refractivity contribution in [2.75, 3.05) is 20.3 Å². The zero-order chi connectivity index (χ0) is 14.3. The van der Waals surface area contributed by atoms with Crippen molar-refractivity contribution in [2.45, 2.75) is 19.6 Å². The van der Waals surface area contributed by atoms with E-state index < -0.39 is 6.10 Å². The fourth-order valence-electron chi connectivity index (χ4n) is 1.44. The van der Waals surface area contributed by atoms with Crippen LogP contribution in [0.3, 0.4) is 0 Å². The van der Waals surface area contributed by atoms with Gasteiger partial charge in [0.2, 0.25) is 0 Å². The highest BCUT2D eigenvalue weighted by Crippen LogP contribution is 2.35. The van der Waals surface area contributed by atoms with Gasteiger partial charge in [-0.2, -0.15) is 5.26 Å². The summed E-state index contributed by atoms with van der Waals surface area (Å²) in [6.07, 6.45) is -0.488. The minimum atomic E-state index is -0.488. The summed E-state index contributed by atoms with van der Waals surface area (Å²) in [6, 6.07) is 5.99. The van der Waals surface area contributed by atoms with Gasteiger partial charge in [0.15, 0.2) is 6.10 Å². The number of methoxy groups -OCH3 is 1. The zero-order valence-electron chi connectivity index (χ0n) is 10.9. The molecule has 1 aromatic carbocycles. The van der Waals surface area contributed by atoms with Crippen LogP contribution in [0.2, 0.25) is 0 Å². The standard InChI is InChI=1S/C13H16Br2N2O2/c1-9(7-16)19-13-11(14)5-10(6-12(13)15)8-17-3-4-18-2/h5-6,9,17H,3-4,8H2,1-2H3. The van der Waals surface area contributed by atoms with E-state index in [-0.39, 0.29) is 0 Å². The maximum atomic E-state index is 8.77. The lowest BCUT2D eigenvalue weighted by Gasteiger charge is -2.13. The topological polar surface area (TPSA) is 54.3 Å². The molecule has 0 amide bonds. The van der Waals surface area contributed by atoms with Gasteiger partial charge < -0.3 is 14.8 Å². The van der Waals surface area contributed by atoms with E-state index in [0.29, 0.717) is 12.4 Å². The van der Waals surface area contributed by atoms with Gasteiger partial charge in [0.05, 0.1) is 15.6 Å². The molecule has 0 bridgehead atoms. The van der Waals surface area contributed by atoms with Gasteiger partial charge in [-0.15, -0.1) is 0 Å². The number of nitrogens with one attached hydrogen (secondary N) is 1. The summed E-state index contributed by atoms with van der Waals surface area (Å²) in [6.45, 7) is 3.94. The zero-order valence-corrected chi connectivity index (χ0v) is 14.0. The second-order valence-corrected chi connectivity index (χ2v) is 5.66. The van der Waals surface area contributed by atoms with Gasteiger partial charge in [0.1, 0.15) is 11.8 Å². The predicted octanol–water partition coefficient (Wildman–Crippen LogP) is 3.24. The van der Waals surface area contributed by atoms with Gasteiger partial charge in [-0.25, -0.2) is 0 Å². The highest BCUT2D eigenvalue weighted by molar-refractivity contribution is 9.11. The maximum absolute atomic E-state index is 8.77. The molecule has 0 aromatic heterocycles. The van der Waals surface area contributed by atoms with E-state index in [1.54, 1.807) is 14.0 Å². The Labute approximate surface area is 130 Å². The van der Waals surface area contributed by atoms with Crippen LogP contribution >= 0.6 is 31.9 Å². The summed E-state index contributed by atoms with van der Waals surface area (Å²) in [4.78, 5) is 0. The molecule has 1 N–H and O–H groups in total. The lowest BCUT2D eigenvalue weighted by molar-refractivity contribution is 0.199. The number of hydrogen-bond acceptors (Lipinski definition) is 4. The van der Waals surface area contributed by atoms with Crippen LogP contribution in [0.15, 0.2) is 21.1 Å². The molecule has 0 saturated carbocycles. The molecule has 4 nitrogen and oxygen atoms in total. The summed E-state index contributed by atoms with van der Waals surface area (Å²) in [5.41, 5.74) is 1.12. The summed E-state index contributed by atoms with van der Waals surface area (Å²) in [5.74, 6) is 0.648. The van der Waals surface area contributed by atoms with Crippen molar-refractivity contribution in [1.82, 2.24) is 5.32 Å². The average Bonchev–Trinajstić information content (AvgIpc) is 2.38. The summed E-state index contributed by atoms with van der Waals surface area (Å²) in [5, 5.41) is 12.0. The quantitative estimate of drug-likeness (QED) is 0.725. The molecule has 6 heteroatoms. The number of benzene rings is 1. The number of ether oxygens (including phenoxy) is 2. The lowest BCUT2D eigenvalue weighted by Crippen LogP contribution is -2.18. The normalized spacial score (nSPS) is 11.9. The first-order valence-corrected chi connectivity index (χ1v) is 7.41. The van der Waals surface area contributed by atoms with E-state index in [9.17, 15) is 0 Å². The number of nitriles is 1. The number of nitrogens with zero attached hydrogens (tertiary/aromatic N) is 1. The van der Waals surface area contributed by atoms with Crippen LogP contribution in [0.1, 0.15) is 12.5 Å². The van der Waals surface area contributed by atoms with E-state index >= 15 is 0 Å². The predicted molar refractivity (Wildman–Crippen MR) is 81.1 cm³/mol. The van der Waals surface area contributed by atoms with E-state index in [2.05, 4.69) is 37.2 Å². The second kappa shape index (κ2) is 8.54. The van der Waals surface area contributed by atoms with Crippen molar-refractivity contribution < 1.29 is 9.47 Å². The Kier molecular flexibility index (Phi) is 7.39. The molecule has 1 unspecified atom stereocenters. The molecule has 104 valence electrons. The molecule has 0 aliphatic rings. The van der Waals surface area contributed by atoms with Crippen LogP contribution in [0.4, 0.5) is 0 Å². The van der Waals surface area contributed by atoms with Crippen LogP contribution < -0.4 is 10.1 Å². The van der Waals surface area contributed by atoms with E-state index in [4.69, 9.17) is 14.7 Å². The first kappa shape index (κ1) is 16.4. The number of halogens is 2. The average molecular weight is 392 g/mol. The second-order valence-electron chi connectivity index (χ2n) is 3.95. The fourth-order valence-corrected chi connectivity index (χ4v) is 2.91. The minimum absolute atomic E-state index is 0.488. The van der Waals surface area contributed by atoms with Crippen molar-refractivity contribution in [3.05, 3.63) is 26.6 Å². The van der Waals surface area contributed by atoms with Crippen LogP contribution in [0.25, 0.3) is 0 Å². The number of hydrogen-bond donors (Lipinski definition) is 1. The van der Waals surface area contributed by atoms with Crippen LogP contribution in [0.5, 0.6) is 5.75 Å². The molecular formula is C13H16Br2N2O2. The molecule has 19 heavy (non-hydrogen) atoms. The Balaban J connectivity index is 2.71. The fraction of sp³-hybridized carbons (Fsp3) is 0.462. The van der Waals surface area contributed by atoms with Crippen molar-refractivity contribution in [3.8, 4) is 11.8 Å². The van der Waals surface area contributed by atoms with Gasteiger partial charge in [-0.05, 0) is 56.5 Å². The van der Waals surface area contributed by atoms with Crippen molar-refractivity contribution in [3.63, 3.8) is 0 Å². The molecule has 0 heterocycles. The monoisotopic (exact) mass is 390 g/mol. The molecule has 0 aliphatic heterocycles. The minimum Gasteiger partial charge on any atom is -0.474 e. The van der Waals surface area contributed by atoms with Gasteiger partial charge >= 0.3 is 0 Å². The third-order valence-electron chi connectivity index (χ3n) is 2.35. The highest BCUT2D eigenvalue weighted by atomic mass is 79.9. The first-order chi connectivity index (χ1) is 9.08. The van der Waals surface area contributed by atoms with Gasteiger partial charge in [0.25, 0.3) is 0 Å². The van der Waals surface area contributed by atoms with Gasteiger partial charge in [-0.3, -0.25) is 0 Å². The number of rotatable bonds is 7. The molecule has 1 rings (SSSR count). The molecule has 1 atom stereocenters. The third kappa shape index (κ3) is 5.49. The third-order valence-corrected chi connectivity index (χ3v) is 3.52. The Hall–Kier alpha value is -0.610. The largest absolute Gasteiger partial charge is 0.474 e. The summed E-state index contributed by atoms with van der Waals surface area (Å²) < 4.78 is 12.2. The van der Waals surface area contributed by atoms with E-state index in [1.165, 1.54) is 0 Å². The maximum Gasteiger partial charge on any atom is 0.181 e. The van der Waals surface area contributed by atoms with Crippen LogP contribution in [0, 0.1) is 11.3 Å².